The zero-order valence-electron chi connectivity index (χ0n) is 14.0. The maximum Gasteiger partial charge on any atom is 0.322 e. The molecular formula is C10H11NO3. The van der Waals surface area contributed by atoms with Crippen molar-refractivity contribution in [3.63, 3.8) is 0 Å². The molecular weight excluding hydrogens is 182 g/mol. The summed E-state index contributed by atoms with van der Waals surface area (Å²) in [6, 6.07) is -3.23. The minimum atomic E-state index is -2.95. The van der Waals surface area contributed by atoms with Gasteiger partial charge in [0.25, 0.3) is 5.91 Å². The van der Waals surface area contributed by atoms with Crippen LogP contribution in [0, 0.1) is 6.85 Å². The lowest BCUT2D eigenvalue weighted by molar-refractivity contribution is -0.135. The predicted molar refractivity (Wildman–Crippen MR) is 51.1 cm³/mol. The highest BCUT2D eigenvalue weighted by Gasteiger charge is 2.08. The quantitative estimate of drug-likeness (QED) is 0.758. The SMILES string of the molecule is [2H]c1c([2H])c([2H])c(C([2H])([2H])[2H])c(C(=O)NCC(=O)O)c1[2H]. The van der Waals surface area contributed by atoms with Gasteiger partial charge in [-0.15, -0.1) is 0 Å². The molecule has 0 aromatic heterocycles. The zero-order valence-corrected chi connectivity index (χ0v) is 6.97. The summed E-state index contributed by atoms with van der Waals surface area (Å²) in [5.74, 6) is -2.56. The molecule has 0 aliphatic rings. The normalized spacial score (nSPS) is 17.6. The first-order valence-electron chi connectivity index (χ1n) is 7.09. The van der Waals surface area contributed by atoms with E-state index in [1.165, 1.54) is 0 Å². The van der Waals surface area contributed by atoms with Gasteiger partial charge in [0.15, 0.2) is 0 Å². The maximum absolute atomic E-state index is 11.9. The van der Waals surface area contributed by atoms with Gasteiger partial charge in [0.2, 0.25) is 0 Å². The summed E-state index contributed by atoms with van der Waals surface area (Å²) < 4.78 is 52.1. The van der Waals surface area contributed by atoms with Crippen molar-refractivity contribution in [3.8, 4) is 0 Å². The third kappa shape index (κ3) is 2.58. The molecule has 0 aliphatic heterocycles. The number of aliphatic carboxylic acids is 1. The van der Waals surface area contributed by atoms with Crippen molar-refractivity contribution in [2.24, 2.45) is 0 Å². The van der Waals surface area contributed by atoms with Gasteiger partial charge in [-0.05, 0) is 18.5 Å². The molecule has 2 N–H and O–H groups in total. The molecule has 0 saturated heterocycles. The highest BCUT2D eigenvalue weighted by molar-refractivity contribution is 5.96. The Morgan fingerprint density at radius 1 is 1.57 bits per heavy atom. The fourth-order valence-corrected chi connectivity index (χ4v) is 0.727. The first-order chi connectivity index (χ1) is 9.48. The maximum atomic E-state index is 11.9. The van der Waals surface area contributed by atoms with Crippen molar-refractivity contribution >= 4 is 11.9 Å². The molecule has 0 atom stereocenters. The molecule has 0 heterocycles. The Balaban J connectivity index is 3.55. The smallest absolute Gasteiger partial charge is 0.322 e. The number of carboxylic acids is 1. The summed E-state index contributed by atoms with van der Waals surface area (Å²) in [5, 5.41) is 10.4. The summed E-state index contributed by atoms with van der Waals surface area (Å²) >= 11 is 0. The van der Waals surface area contributed by atoms with Crippen LogP contribution in [-0.4, -0.2) is 23.5 Å². The molecule has 0 aliphatic carbocycles. The second kappa shape index (κ2) is 4.41. The summed E-state index contributed by atoms with van der Waals surface area (Å²) in [4.78, 5) is 22.3. The van der Waals surface area contributed by atoms with E-state index in [-0.39, 0.29) is 0 Å². The Kier molecular flexibility index (Phi) is 1.30. The Hall–Kier alpha value is -1.84. The third-order valence-corrected chi connectivity index (χ3v) is 1.31. The summed E-state index contributed by atoms with van der Waals surface area (Å²) in [7, 11) is 0. The van der Waals surface area contributed by atoms with Crippen molar-refractivity contribution in [2.45, 2.75) is 6.85 Å². The van der Waals surface area contributed by atoms with Crippen LogP contribution in [-0.2, 0) is 4.79 Å². The van der Waals surface area contributed by atoms with Crippen molar-refractivity contribution in [1.29, 1.82) is 0 Å². The van der Waals surface area contributed by atoms with E-state index in [1.54, 1.807) is 0 Å². The van der Waals surface area contributed by atoms with Crippen LogP contribution in [0.15, 0.2) is 24.2 Å². The van der Waals surface area contributed by atoms with Crippen LogP contribution in [0.5, 0.6) is 0 Å². The second-order valence-electron chi connectivity index (χ2n) is 2.33. The van der Waals surface area contributed by atoms with Crippen LogP contribution in [0.4, 0.5) is 0 Å². The Labute approximate surface area is 91.4 Å². The molecule has 0 unspecified atom stereocenters. The van der Waals surface area contributed by atoms with Gasteiger partial charge in [-0.1, -0.05) is 18.1 Å². The molecule has 1 aromatic rings. The number of hydrogen-bond acceptors (Lipinski definition) is 2. The fraction of sp³-hybridized carbons (Fsp3) is 0.200. The Bertz CT molecular complexity index is 612. The van der Waals surface area contributed by atoms with E-state index in [4.69, 9.17) is 14.7 Å². The van der Waals surface area contributed by atoms with Gasteiger partial charge in [-0.3, -0.25) is 9.59 Å². The van der Waals surface area contributed by atoms with Gasteiger partial charge >= 0.3 is 5.97 Å². The van der Waals surface area contributed by atoms with Crippen molar-refractivity contribution in [1.82, 2.24) is 5.32 Å². The lowest BCUT2D eigenvalue weighted by atomic mass is 10.1. The minimum absolute atomic E-state index is 0.770. The number of nitrogens with one attached hydrogen (secondary N) is 1. The number of rotatable bonds is 3. The van der Waals surface area contributed by atoms with E-state index < -0.39 is 60.6 Å². The van der Waals surface area contributed by atoms with Gasteiger partial charge in [0.05, 0.1) is 5.48 Å². The van der Waals surface area contributed by atoms with E-state index in [9.17, 15) is 9.59 Å². The molecule has 0 radical (unpaired) electrons. The standard InChI is InChI=1S/C10H11NO3/c1-7-4-2-3-5-8(7)10(14)11-6-9(12)13/h2-5H,6H2,1H3,(H,11,14)(H,12,13)/i1D3,2D,3D,4D,5D. The van der Waals surface area contributed by atoms with Gasteiger partial charge in [0.1, 0.15) is 6.54 Å². The van der Waals surface area contributed by atoms with Crippen LogP contribution in [0.3, 0.4) is 0 Å². The van der Waals surface area contributed by atoms with Gasteiger partial charge in [0, 0.05) is 9.68 Å². The summed E-state index contributed by atoms with van der Waals surface area (Å²) in [6.45, 7) is -3.76. The number of carbonyl (C=O) groups is 2. The van der Waals surface area contributed by atoms with Crippen LogP contribution in [0.1, 0.15) is 25.5 Å². The lowest BCUT2D eigenvalue weighted by Gasteiger charge is -2.04. The van der Waals surface area contributed by atoms with Crippen molar-refractivity contribution in [3.05, 3.63) is 35.3 Å². The molecule has 1 aromatic carbocycles. The molecule has 0 saturated carbocycles. The van der Waals surface area contributed by atoms with Gasteiger partial charge in [-0.25, -0.2) is 0 Å². The first kappa shape index (κ1) is 4.13. The lowest BCUT2D eigenvalue weighted by Crippen LogP contribution is -2.29. The summed E-state index contributed by atoms with van der Waals surface area (Å²) in [6.07, 6.45) is 0. The van der Waals surface area contributed by atoms with Gasteiger partial charge in [-0.2, -0.15) is 0 Å². The molecule has 1 amide bonds. The molecule has 0 fully saturated rings. The molecule has 0 spiro atoms. The molecule has 1 rings (SSSR count). The molecule has 4 heteroatoms. The zero-order chi connectivity index (χ0) is 16.5. The third-order valence-electron chi connectivity index (χ3n) is 1.31. The largest absolute Gasteiger partial charge is 0.480 e. The topological polar surface area (TPSA) is 66.4 Å². The molecule has 4 nitrogen and oxygen atoms in total. The highest BCUT2D eigenvalue weighted by Crippen LogP contribution is 2.05. The van der Waals surface area contributed by atoms with Crippen LogP contribution < -0.4 is 5.32 Å². The molecule has 74 valence electrons. The van der Waals surface area contributed by atoms with Crippen LogP contribution >= 0.6 is 0 Å². The van der Waals surface area contributed by atoms with E-state index in [1.807, 2.05) is 5.32 Å². The highest BCUT2D eigenvalue weighted by atomic mass is 16.4. The predicted octanol–water partition coefficient (Wildman–Crippen LogP) is 0.809. The number of benzene rings is 1. The average molecular weight is 200 g/mol. The average Bonchev–Trinajstić information content (AvgIpc) is 2.35. The fourth-order valence-electron chi connectivity index (χ4n) is 0.727. The Morgan fingerprint density at radius 2 is 2.29 bits per heavy atom. The number of carboxylic acid groups (broad SMARTS) is 1. The van der Waals surface area contributed by atoms with Gasteiger partial charge < -0.3 is 10.4 Å². The monoisotopic (exact) mass is 200 g/mol. The van der Waals surface area contributed by atoms with E-state index in [0.29, 0.717) is 0 Å². The number of amides is 1. The molecule has 0 bridgehead atoms. The van der Waals surface area contributed by atoms with Crippen LogP contribution in [0.25, 0.3) is 0 Å². The van der Waals surface area contributed by atoms with Crippen molar-refractivity contribution in [2.75, 3.05) is 6.54 Å². The van der Waals surface area contributed by atoms with Crippen molar-refractivity contribution < 1.29 is 24.3 Å². The first-order valence-corrected chi connectivity index (χ1v) is 3.59. The number of hydrogen-bond donors (Lipinski definition) is 2. The second-order valence-corrected chi connectivity index (χ2v) is 2.33. The van der Waals surface area contributed by atoms with E-state index in [2.05, 4.69) is 0 Å². The van der Waals surface area contributed by atoms with Crippen LogP contribution in [0.2, 0.25) is 0 Å². The number of carbonyl (C=O) groups excluding carboxylic acids is 1. The van der Waals surface area contributed by atoms with E-state index >= 15 is 0 Å². The van der Waals surface area contributed by atoms with E-state index in [0.717, 1.165) is 0 Å². The Morgan fingerprint density at radius 3 is 2.93 bits per heavy atom. The minimum Gasteiger partial charge on any atom is -0.480 e. The molecule has 14 heavy (non-hydrogen) atoms. The summed E-state index contributed by atoms with van der Waals surface area (Å²) in [5.41, 5.74) is -1.61.